The molecule has 0 saturated heterocycles. The van der Waals surface area contributed by atoms with E-state index in [1.807, 2.05) is 0 Å². The van der Waals surface area contributed by atoms with E-state index < -0.39 is 17.0 Å². The first-order valence-corrected chi connectivity index (χ1v) is 5.68. The molecule has 0 amide bonds. The molecule has 0 aliphatic carbocycles. The van der Waals surface area contributed by atoms with Crippen molar-refractivity contribution in [2.24, 2.45) is 5.41 Å². The van der Waals surface area contributed by atoms with Gasteiger partial charge in [0.05, 0.1) is 0 Å². The van der Waals surface area contributed by atoms with Crippen molar-refractivity contribution >= 4 is 12.3 Å². The minimum absolute atomic E-state index is 0.374. The Labute approximate surface area is 107 Å². The first-order chi connectivity index (χ1) is 8.20. The van der Waals surface area contributed by atoms with Crippen LogP contribution in [-0.2, 0) is 4.79 Å². The predicted molar refractivity (Wildman–Crippen MR) is 68.0 cm³/mol. The summed E-state index contributed by atoms with van der Waals surface area (Å²) in [5.41, 5.74) is -1.50. The maximum Gasteiger partial charge on any atom is 0.348 e. The van der Waals surface area contributed by atoms with Gasteiger partial charge in [-0.1, -0.05) is 32.9 Å². The summed E-state index contributed by atoms with van der Waals surface area (Å²) in [6.45, 7) is 6.92. The van der Waals surface area contributed by atoms with Crippen LogP contribution in [0.25, 0.3) is 0 Å². The minimum atomic E-state index is -1.37. The van der Waals surface area contributed by atoms with Crippen LogP contribution in [0.5, 0.6) is 5.75 Å². The molecule has 0 saturated carbocycles. The first kappa shape index (κ1) is 14.2. The third-order valence-electron chi connectivity index (χ3n) is 3.16. The fourth-order valence-electron chi connectivity index (χ4n) is 1.40. The van der Waals surface area contributed by atoms with Crippen molar-refractivity contribution in [3.8, 4) is 5.75 Å². The lowest BCUT2D eigenvalue weighted by molar-refractivity contribution is -0.163. The Morgan fingerprint density at radius 2 is 1.89 bits per heavy atom. The molecule has 0 heterocycles. The van der Waals surface area contributed by atoms with Crippen LogP contribution in [0.15, 0.2) is 24.3 Å². The Hall–Kier alpha value is -1.84. The molecule has 1 rings (SSSR count). The fraction of sp³-hybridized carbons (Fsp3) is 0.429. The van der Waals surface area contributed by atoms with Crippen LogP contribution in [0.4, 0.5) is 0 Å². The summed E-state index contributed by atoms with van der Waals surface area (Å²) in [6, 6.07) is 6.46. The second-order valence-electron chi connectivity index (χ2n) is 5.38. The Kier molecular flexibility index (Phi) is 3.79. The van der Waals surface area contributed by atoms with Crippen molar-refractivity contribution in [2.45, 2.75) is 33.3 Å². The van der Waals surface area contributed by atoms with Gasteiger partial charge in [-0.05, 0) is 19.1 Å². The van der Waals surface area contributed by atoms with Crippen LogP contribution in [0.2, 0.25) is 0 Å². The fourth-order valence-corrected chi connectivity index (χ4v) is 1.40. The number of carbonyl (C=O) groups excluding carboxylic acids is 1. The summed E-state index contributed by atoms with van der Waals surface area (Å²) in [7, 11) is 0. The van der Waals surface area contributed by atoms with Crippen LogP contribution >= 0.6 is 0 Å². The summed E-state index contributed by atoms with van der Waals surface area (Å²) in [5.74, 6) is -0.661. The second-order valence-corrected chi connectivity index (χ2v) is 5.38. The second kappa shape index (κ2) is 4.80. The van der Waals surface area contributed by atoms with Crippen LogP contribution in [0, 0.1) is 5.41 Å². The maximum absolute atomic E-state index is 11.4. The molecule has 0 bridgehead atoms. The molecular formula is C14H18O4. The summed E-state index contributed by atoms with van der Waals surface area (Å²) >= 11 is 0. The van der Waals surface area contributed by atoms with E-state index >= 15 is 0 Å². The third kappa shape index (κ3) is 2.70. The highest BCUT2D eigenvalue weighted by atomic mass is 16.5. The lowest BCUT2D eigenvalue weighted by atomic mass is 9.77. The zero-order valence-electron chi connectivity index (χ0n) is 11.1. The molecule has 4 heteroatoms. The predicted octanol–water partition coefficient (Wildman–Crippen LogP) is 2.77. The van der Waals surface area contributed by atoms with Gasteiger partial charge in [0.1, 0.15) is 12.0 Å². The van der Waals surface area contributed by atoms with Crippen molar-refractivity contribution in [3.63, 3.8) is 0 Å². The maximum atomic E-state index is 11.4. The Bertz CT molecular complexity index is 459. The SMILES string of the molecule is CC(C)(C)[C@](C)(Oc1cccc(C=O)c1)C(=O)O. The number of aldehydes is 1. The van der Waals surface area contributed by atoms with E-state index in [2.05, 4.69) is 0 Å². The van der Waals surface area contributed by atoms with Gasteiger partial charge in [-0.2, -0.15) is 0 Å². The molecule has 18 heavy (non-hydrogen) atoms. The molecule has 1 atom stereocenters. The zero-order chi connectivity index (χ0) is 14.0. The third-order valence-corrected chi connectivity index (χ3v) is 3.16. The molecule has 1 aromatic carbocycles. The van der Waals surface area contributed by atoms with E-state index in [0.717, 1.165) is 0 Å². The molecule has 98 valence electrons. The van der Waals surface area contributed by atoms with Crippen molar-refractivity contribution < 1.29 is 19.4 Å². The molecule has 4 nitrogen and oxygen atoms in total. The summed E-state index contributed by atoms with van der Waals surface area (Å²) in [4.78, 5) is 22.1. The number of rotatable bonds is 4. The molecule has 1 aromatic rings. The molecular weight excluding hydrogens is 232 g/mol. The van der Waals surface area contributed by atoms with Gasteiger partial charge in [0.25, 0.3) is 0 Å². The largest absolute Gasteiger partial charge is 0.478 e. The van der Waals surface area contributed by atoms with Gasteiger partial charge in [0, 0.05) is 11.0 Å². The number of aliphatic carboxylic acids is 1. The van der Waals surface area contributed by atoms with Crippen molar-refractivity contribution in [1.82, 2.24) is 0 Å². The average Bonchev–Trinajstić information content (AvgIpc) is 2.27. The standard InChI is InChI=1S/C14H18O4/c1-13(2,3)14(4,12(16)17)18-11-7-5-6-10(8-11)9-15/h5-9H,1-4H3,(H,16,17)/t14-/m1/s1. The van der Waals surface area contributed by atoms with Crippen molar-refractivity contribution in [2.75, 3.05) is 0 Å². The number of carbonyl (C=O) groups is 2. The summed E-state index contributed by atoms with van der Waals surface area (Å²) in [5, 5.41) is 9.36. The molecule has 1 N–H and O–H groups in total. The quantitative estimate of drug-likeness (QED) is 0.834. The first-order valence-electron chi connectivity index (χ1n) is 5.68. The normalized spacial score (nSPS) is 14.7. The molecule has 0 unspecified atom stereocenters. The molecule has 0 aliphatic heterocycles. The van der Waals surface area contributed by atoms with Gasteiger partial charge in [-0.15, -0.1) is 0 Å². The Morgan fingerprint density at radius 3 is 2.33 bits per heavy atom. The van der Waals surface area contributed by atoms with Gasteiger partial charge in [-0.25, -0.2) is 4.79 Å². The monoisotopic (exact) mass is 250 g/mol. The molecule has 0 fully saturated rings. The number of benzene rings is 1. The molecule has 0 aromatic heterocycles. The van der Waals surface area contributed by atoms with Gasteiger partial charge in [0.2, 0.25) is 5.60 Å². The highest BCUT2D eigenvalue weighted by Gasteiger charge is 2.47. The average molecular weight is 250 g/mol. The lowest BCUT2D eigenvalue weighted by Gasteiger charge is -2.38. The Balaban J connectivity index is 3.12. The highest BCUT2D eigenvalue weighted by molar-refractivity contribution is 5.79. The number of carboxylic acid groups (broad SMARTS) is 1. The van der Waals surface area contributed by atoms with Crippen LogP contribution in [0.3, 0.4) is 0 Å². The van der Waals surface area contributed by atoms with Crippen LogP contribution < -0.4 is 4.74 Å². The number of carboxylic acids is 1. The van der Waals surface area contributed by atoms with Gasteiger partial charge in [-0.3, -0.25) is 4.79 Å². The number of hydrogen-bond acceptors (Lipinski definition) is 3. The lowest BCUT2D eigenvalue weighted by Crippen LogP contribution is -2.52. The van der Waals surface area contributed by atoms with E-state index in [1.165, 1.54) is 13.0 Å². The van der Waals surface area contributed by atoms with E-state index in [4.69, 9.17) is 4.74 Å². The Morgan fingerprint density at radius 1 is 1.28 bits per heavy atom. The highest BCUT2D eigenvalue weighted by Crippen LogP contribution is 2.35. The molecule has 0 spiro atoms. The molecule has 0 aliphatic rings. The van der Waals surface area contributed by atoms with E-state index in [0.29, 0.717) is 17.6 Å². The summed E-state index contributed by atoms with van der Waals surface area (Å²) in [6.07, 6.45) is 0.696. The number of ether oxygens (including phenoxy) is 1. The van der Waals surface area contributed by atoms with Crippen molar-refractivity contribution in [1.29, 1.82) is 0 Å². The van der Waals surface area contributed by atoms with E-state index in [-0.39, 0.29) is 0 Å². The minimum Gasteiger partial charge on any atom is -0.478 e. The van der Waals surface area contributed by atoms with E-state index in [9.17, 15) is 14.7 Å². The number of hydrogen-bond donors (Lipinski definition) is 1. The van der Waals surface area contributed by atoms with Gasteiger partial charge < -0.3 is 9.84 Å². The zero-order valence-corrected chi connectivity index (χ0v) is 11.1. The van der Waals surface area contributed by atoms with Gasteiger partial charge >= 0.3 is 5.97 Å². The molecule has 0 radical (unpaired) electrons. The summed E-state index contributed by atoms with van der Waals surface area (Å²) < 4.78 is 5.61. The van der Waals surface area contributed by atoms with Crippen LogP contribution in [-0.4, -0.2) is 23.0 Å². The van der Waals surface area contributed by atoms with E-state index in [1.54, 1.807) is 39.0 Å². The van der Waals surface area contributed by atoms with Crippen molar-refractivity contribution in [3.05, 3.63) is 29.8 Å². The van der Waals surface area contributed by atoms with Crippen LogP contribution in [0.1, 0.15) is 38.1 Å². The van der Waals surface area contributed by atoms with Gasteiger partial charge in [0.15, 0.2) is 0 Å². The smallest absolute Gasteiger partial charge is 0.348 e. The topological polar surface area (TPSA) is 63.6 Å².